The molecule has 4 nitrogen and oxygen atoms in total. The van der Waals surface area contributed by atoms with E-state index < -0.39 is 0 Å². The molecule has 1 aromatic heterocycles. The fraction of sp³-hybridized carbons (Fsp3) is 0.250. The Morgan fingerprint density at radius 3 is 2.82 bits per heavy atom. The molecule has 1 aromatic carbocycles. The summed E-state index contributed by atoms with van der Waals surface area (Å²) in [5, 5.41) is 4.95. The van der Waals surface area contributed by atoms with Gasteiger partial charge >= 0.3 is 0 Å². The normalized spacial score (nSPS) is 10.6. The summed E-state index contributed by atoms with van der Waals surface area (Å²) in [6.07, 6.45) is 1.76. The number of rotatable bonds is 3. The molecular weight excluding hydrogens is 238 g/mol. The number of nitrogens with zero attached hydrogens (tertiary/aromatic N) is 2. The van der Waals surface area contributed by atoms with E-state index in [1.807, 2.05) is 19.1 Å². The van der Waals surface area contributed by atoms with Gasteiger partial charge in [-0.15, -0.1) is 0 Å². The van der Waals surface area contributed by atoms with Crippen LogP contribution in [0.5, 0.6) is 5.75 Å². The second kappa shape index (κ2) is 4.77. The Hall–Kier alpha value is -1.52. The Labute approximate surface area is 105 Å². The summed E-state index contributed by atoms with van der Waals surface area (Å²) < 4.78 is 7.09. The molecule has 0 atom stereocenters. The third-order valence-corrected chi connectivity index (χ3v) is 2.94. The number of aromatic nitrogens is 2. The van der Waals surface area contributed by atoms with Crippen molar-refractivity contribution in [3.05, 3.63) is 40.7 Å². The van der Waals surface area contributed by atoms with Gasteiger partial charge in [0.1, 0.15) is 11.4 Å². The molecule has 17 heavy (non-hydrogen) atoms. The van der Waals surface area contributed by atoms with Gasteiger partial charge < -0.3 is 10.5 Å². The van der Waals surface area contributed by atoms with E-state index >= 15 is 0 Å². The van der Waals surface area contributed by atoms with Gasteiger partial charge in [0.05, 0.1) is 13.3 Å². The first-order valence-electron chi connectivity index (χ1n) is 5.25. The standard InChI is InChI=1S/C12H14ClN3O/c1-8-9(6-14)7-15-16(8)11-5-10(13)3-4-12(11)17-2/h3-5,7H,6,14H2,1-2H3. The Kier molecular flexibility index (Phi) is 3.36. The zero-order chi connectivity index (χ0) is 12.4. The van der Waals surface area contributed by atoms with E-state index in [-0.39, 0.29) is 0 Å². The highest BCUT2D eigenvalue weighted by molar-refractivity contribution is 6.30. The SMILES string of the molecule is COc1ccc(Cl)cc1-n1ncc(CN)c1C. The van der Waals surface area contributed by atoms with Crippen LogP contribution < -0.4 is 10.5 Å². The maximum Gasteiger partial charge on any atom is 0.144 e. The molecule has 0 aliphatic carbocycles. The van der Waals surface area contributed by atoms with Gasteiger partial charge in [-0.25, -0.2) is 4.68 Å². The summed E-state index contributed by atoms with van der Waals surface area (Å²) in [6.45, 7) is 2.43. The summed E-state index contributed by atoms with van der Waals surface area (Å²) >= 11 is 6.00. The van der Waals surface area contributed by atoms with Crippen LogP contribution in [0.3, 0.4) is 0 Å². The zero-order valence-electron chi connectivity index (χ0n) is 9.77. The van der Waals surface area contributed by atoms with Crippen molar-refractivity contribution in [3.63, 3.8) is 0 Å². The molecule has 2 aromatic rings. The van der Waals surface area contributed by atoms with Crippen LogP contribution in [0, 0.1) is 6.92 Å². The van der Waals surface area contributed by atoms with E-state index in [4.69, 9.17) is 22.1 Å². The van der Waals surface area contributed by atoms with Crippen LogP contribution in [-0.2, 0) is 6.54 Å². The smallest absolute Gasteiger partial charge is 0.144 e. The number of benzene rings is 1. The molecule has 0 fully saturated rings. The van der Waals surface area contributed by atoms with Crippen molar-refractivity contribution < 1.29 is 4.74 Å². The van der Waals surface area contributed by atoms with Gasteiger partial charge in [-0.1, -0.05) is 11.6 Å². The first kappa shape index (κ1) is 12.0. The fourth-order valence-electron chi connectivity index (χ4n) is 1.72. The predicted octanol–water partition coefficient (Wildman–Crippen LogP) is 2.30. The molecular formula is C12H14ClN3O. The Morgan fingerprint density at radius 1 is 1.47 bits per heavy atom. The lowest BCUT2D eigenvalue weighted by Gasteiger charge is -2.10. The average Bonchev–Trinajstić information content (AvgIpc) is 2.70. The number of hydrogen-bond acceptors (Lipinski definition) is 3. The molecule has 0 amide bonds. The predicted molar refractivity (Wildman–Crippen MR) is 67.8 cm³/mol. The number of hydrogen-bond donors (Lipinski definition) is 1. The molecule has 0 saturated carbocycles. The van der Waals surface area contributed by atoms with Crippen molar-refractivity contribution in [1.82, 2.24) is 9.78 Å². The third-order valence-electron chi connectivity index (χ3n) is 2.70. The Bertz CT molecular complexity index is 537. The zero-order valence-corrected chi connectivity index (χ0v) is 10.5. The van der Waals surface area contributed by atoms with Crippen molar-refractivity contribution in [2.45, 2.75) is 13.5 Å². The number of halogens is 1. The summed E-state index contributed by atoms with van der Waals surface area (Å²) in [4.78, 5) is 0. The summed E-state index contributed by atoms with van der Waals surface area (Å²) in [7, 11) is 1.62. The summed E-state index contributed by atoms with van der Waals surface area (Å²) in [5.41, 5.74) is 8.45. The molecule has 90 valence electrons. The molecule has 0 saturated heterocycles. The molecule has 1 heterocycles. The Balaban J connectivity index is 2.58. The van der Waals surface area contributed by atoms with E-state index in [1.54, 1.807) is 24.1 Å². The van der Waals surface area contributed by atoms with Crippen LogP contribution in [0.2, 0.25) is 5.02 Å². The monoisotopic (exact) mass is 251 g/mol. The molecule has 2 rings (SSSR count). The molecule has 5 heteroatoms. The highest BCUT2D eigenvalue weighted by Gasteiger charge is 2.11. The van der Waals surface area contributed by atoms with Crippen LogP contribution in [0.4, 0.5) is 0 Å². The molecule has 0 unspecified atom stereocenters. The second-order valence-corrected chi connectivity index (χ2v) is 4.12. The van der Waals surface area contributed by atoms with E-state index in [9.17, 15) is 0 Å². The van der Waals surface area contributed by atoms with Gasteiger partial charge in [-0.3, -0.25) is 0 Å². The van der Waals surface area contributed by atoms with E-state index in [0.29, 0.717) is 11.6 Å². The molecule has 0 radical (unpaired) electrons. The van der Waals surface area contributed by atoms with E-state index in [0.717, 1.165) is 22.7 Å². The van der Waals surface area contributed by atoms with Crippen molar-refractivity contribution in [2.75, 3.05) is 7.11 Å². The van der Waals surface area contributed by atoms with Gasteiger partial charge in [-0.05, 0) is 25.1 Å². The highest BCUT2D eigenvalue weighted by Crippen LogP contribution is 2.27. The molecule has 0 spiro atoms. The van der Waals surface area contributed by atoms with Crippen LogP contribution >= 0.6 is 11.6 Å². The van der Waals surface area contributed by atoms with Gasteiger partial charge in [-0.2, -0.15) is 5.10 Å². The summed E-state index contributed by atoms with van der Waals surface area (Å²) in [5.74, 6) is 0.726. The minimum Gasteiger partial charge on any atom is -0.494 e. The van der Waals surface area contributed by atoms with Crippen LogP contribution in [0.25, 0.3) is 5.69 Å². The molecule has 0 bridgehead atoms. The van der Waals surface area contributed by atoms with Crippen molar-refractivity contribution in [2.24, 2.45) is 5.73 Å². The van der Waals surface area contributed by atoms with Crippen molar-refractivity contribution >= 4 is 11.6 Å². The summed E-state index contributed by atoms with van der Waals surface area (Å²) in [6, 6.07) is 5.42. The lowest BCUT2D eigenvalue weighted by molar-refractivity contribution is 0.411. The number of nitrogens with two attached hydrogens (primary N) is 1. The minimum absolute atomic E-state index is 0.467. The van der Waals surface area contributed by atoms with Crippen molar-refractivity contribution in [3.8, 4) is 11.4 Å². The van der Waals surface area contributed by atoms with E-state index in [1.165, 1.54) is 0 Å². The second-order valence-electron chi connectivity index (χ2n) is 3.69. The minimum atomic E-state index is 0.467. The lowest BCUT2D eigenvalue weighted by atomic mass is 10.2. The maximum absolute atomic E-state index is 6.00. The Morgan fingerprint density at radius 2 is 2.24 bits per heavy atom. The maximum atomic E-state index is 6.00. The quantitative estimate of drug-likeness (QED) is 0.911. The third kappa shape index (κ3) is 2.14. The number of ether oxygens (including phenoxy) is 1. The van der Waals surface area contributed by atoms with E-state index in [2.05, 4.69) is 5.10 Å². The largest absolute Gasteiger partial charge is 0.494 e. The fourth-order valence-corrected chi connectivity index (χ4v) is 1.88. The van der Waals surface area contributed by atoms with Crippen LogP contribution in [0.15, 0.2) is 24.4 Å². The van der Waals surface area contributed by atoms with Gasteiger partial charge in [0, 0.05) is 22.8 Å². The highest BCUT2D eigenvalue weighted by atomic mass is 35.5. The lowest BCUT2D eigenvalue weighted by Crippen LogP contribution is -2.03. The molecule has 2 N–H and O–H groups in total. The number of methoxy groups -OCH3 is 1. The first-order chi connectivity index (χ1) is 8.17. The van der Waals surface area contributed by atoms with Crippen LogP contribution in [-0.4, -0.2) is 16.9 Å². The average molecular weight is 252 g/mol. The first-order valence-corrected chi connectivity index (χ1v) is 5.62. The molecule has 0 aliphatic heterocycles. The van der Waals surface area contributed by atoms with Crippen LogP contribution in [0.1, 0.15) is 11.3 Å². The van der Waals surface area contributed by atoms with Gasteiger partial charge in [0.25, 0.3) is 0 Å². The van der Waals surface area contributed by atoms with Gasteiger partial charge in [0.15, 0.2) is 0 Å². The van der Waals surface area contributed by atoms with Crippen molar-refractivity contribution in [1.29, 1.82) is 0 Å². The molecule has 0 aliphatic rings. The topological polar surface area (TPSA) is 53.1 Å². The van der Waals surface area contributed by atoms with Gasteiger partial charge in [0.2, 0.25) is 0 Å².